The maximum atomic E-state index is 11.1. The lowest BCUT2D eigenvalue weighted by Gasteiger charge is -2.00. The first-order chi connectivity index (χ1) is 8.66. The topological polar surface area (TPSA) is 90.4 Å². The summed E-state index contributed by atoms with van der Waals surface area (Å²) < 4.78 is 0. The van der Waals surface area contributed by atoms with Crippen LogP contribution in [0, 0.1) is 0 Å². The Kier molecular flexibility index (Phi) is 3.59. The molecule has 0 saturated carbocycles. The number of H-pyrrole nitrogens is 1. The molecule has 0 bridgehead atoms. The Labute approximate surface area is 107 Å². The first kappa shape index (κ1) is 12.1. The Morgan fingerprint density at radius 1 is 1.50 bits per heavy atom. The molecule has 3 N–H and O–H groups in total. The number of anilines is 1. The highest BCUT2D eigenvalue weighted by molar-refractivity contribution is 6.32. The van der Waals surface area contributed by atoms with Gasteiger partial charge in [-0.15, -0.1) is 0 Å². The summed E-state index contributed by atoms with van der Waals surface area (Å²) in [5.41, 5.74) is 3.11. The van der Waals surface area contributed by atoms with Crippen molar-refractivity contribution in [2.45, 2.75) is 0 Å². The number of phenolic OH excluding ortho intramolecular Hbond substituents is 1. The van der Waals surface area contributed by atoms with Crippen LogP contribution in [0.4, 0.5) is 5.69 Å². The molecular formula is C11H9ClN4O2. The van der Waals surface area contributed by atoms with Gasteiger partial charge < -0.3 is 5.11 Å². The van der Waals surface area contributed by atoms with E-state index in [1.807, 2.05) is 0 Å². The molecule has 7 heteroatoms. The number of rotatable bonds is 3. The minimum atomic E-state index is -0.491. The monoisotopic (exact) mass is 264 g/mol. The minimum absolute atomic E-state index is 0.0157. The summed E-state index contributed by atoms with van der Waals surface area (Å²) in [5.74, 6) is 0.148. The molecule has 0 unspecified atom stereocenters. The number of hydrogen-bond acceptors (Lipinski definition) is 5. The van der Waals surface area contributed by atoms with Crippen molar-refractivity contribution in [3.8, 4) is 5.75 Å². The second-order valence-corrected chi connectivity index (χ2v) is 3.77. The van der Waals surface area contributed by atoms with Crippen molar-refractivity contribution < 1.29 is 5.11 Å². The van der Waals surface area contributed by atoms with Gasteiger partial charge in [0, 0.05) is 0 Å². The smallest absolute Gasteiger partial charge is 0.285 e. The third kappa shape index (κ3) is 2.86. The Morgan fingerprint density at radius 2 is 2.33 bits per heavy atom. The van der Waals surface area contributed by atoms with Crippen molar-refractivity contribution in [2.24, 2.45) is 5.10 Å². The van der Waals surface area contributed by atoms with E-state index in [0.29, 0.717) is 11.3 Å². The van der Waals surface area contributed by atoms with E-state index in [1.54, 1.807) is 24.3 Å². The molecule has 0 saturated heterocycles. The predicted molar refractivity (Wildman–Crippen MR) is 69.2 cm³/mol. The maximum Gasteiger partial charge on any atom is 0.285 e. The van der Waals surface area contributed by atoms with Gasteiger partial charge in [0.1, 0.15) is 16.5 Å². The third-order valence-electron chi connectivity index (χ3n) is 2.06. The summed E-state index contributed by atoms with van der Waals surface area (Å²) in [7, 11) is 0. The van der Waals surface area contributed by atoms with Gasteiger partial charge in [-0.05, 0) is 17.7 Å². The third-order valence-corrected chi connectivity index (χ3v) is 2.44. The van der Waals surface area contributed by atoms with Crippen LogP contribution in [0.2, 0.25) is 5.02 Å². The van der Waals surface area contributed by atoms with Crippen LogP contribution in [0.5, 0.6) is 5.75 Å². The molecule has 0 atom stereocenters. The highest BCUT2D eigenvalue weighted by Crippen LogP contribution is 2.14. The van der Waals surface area contributed by atoms with Crippen LogP contribution in [0.1, 0.15) is 5.56 Å². The van der Waals surface area contributed by atoms with Crippen LogP contribution < -0.4 is 11.0 Å². The molecule has 0 aliphatic heterocycles. The molecule has 0 aliphatic carbocycles. The van der Waals surface area contributed by atoms with E-state index in [9.17, 15) is 9.90 Å². The van der Waals surface area contributed by atoms with E-state index >= 15 is 0 Å². The number of nitrogens with one attached hydrogen (secondary N) is 2. The summed E-state index contributed by atoms with van der Waals surface area (Å²) in [5, 5.41) is 18.9. The second-order valence-electron chi connectivity index (χ2n) is 3.39. The van der Waals surface area contributed by atoms with Gasteiger partial charge in [0.2, 0.25) is 0 Å². The molecule has 1 heterocycles. The fraction of sp³-hybridized carbons (Fsp3) is 0. The van der Waals surface area contributed by atoms with E-state index in [2.05, 4.69) is 20.7 Å². The lowest BCUT2D eigenvalue weighted by Crippen LogP contribution is -2.10. The molecule has 92 valence electrons. The summed E-state index contributed by atoms with van der Waals surface area (Å²) >= 11 is 5.74. The van der Waals surface area contributed by atoms with E-state index in [1.165, 1.54) is 12.4 Å². The van der Waals surface area contributed by atoms with Crippen molar-refractivity contribution in [2.75, 3.05) is 5.43 Å². The summed E-state index contributed by atoms with van der Waals surface area (Å²) in [6.07, 6.45) is 2.83. The zero-order chi connectivity index (χ0) is 13.0. The number of benzene rings is 1. The quantitative estimate of drug-likeness (QED) is 0.580. The normalized spacial score (nSPS) is 10.7. The lowest BCUT2D eigenvalue weighted by molar-refractivity contribution is 0.475. The number of nitrogens with zero attached hydrogens (tertiary/aromatic N) is 2. The molecular weight excluding hydrogens is 256 g/mol. The number of hydrazone groups is 1. The lowest BCUT2D eigenvalue weighted by atomic mass is 10.2. The largest absolute Gasteiger partial charge is 0.508 e. The molecule has 0 aliphatic rings. The van der Waals surface area contributed by atoms with E-state index < -0.39 is 5.56 Å². The average molecular weight is 265 g/mol. The van der Waals surface area contributed by atoms with Gasteiger partial charge in [-0.3, -0.25) is 10.2 Å². The Bertz CT molecular complexity index is 639. The predicted octanol–water partition coefficient (Wildman–Crippen LogP) is 1.57. The highest BCUT2D eigenvalue weighted by Gasteiger charge is 2.02. The average Bonchev–Trinajstić information content (AvgIpc) is 2.35. The number of phenols is 1. The van der Waals surface area contributed by atoms with Crippen molar-refractivity contribution in [1.29, 1.82) is 0 Å². The Balaban J connectivity index is 2.12. The first-order valence-corrected chi connectivity index (χ1v) is 5.36. The summed E-state index contributed by atoms with van der Waals surface area (Å²) in [6.45, 7) is 0. The van der Waals surface area contributed by atoms with Gasteiger partial charge in [-0.2, -0.15) is 10.2 Å². The SMILES string of the molecule is O=c1[nH]ncc(NN=Cc2cccc(O)c2)c1Cl. The molecule has 2 aromatic rings. The van der Waals surface area contributed by atoms with E-state index in [-0.39, 0.29) is 10.8 Å². The molecule has 2 rings (SSSR count). The zero-order valence-corrected chi connectivity index (χ0v) is 9.85. The van der Waals surface area contributed by atoms with Gasteiger partial charge in [0.15, 0.2) is 0 Å². The van der Waals surface area contributed by atoms with Gasteiger partial charge in [-0.25, -0.2) is 5.10 Å². The minimum Gasteiger partial charge on any atom is -0.508 e. The van der Waals surface area contributed by atoms with Crippen LogP contribution in [-0.2, 0) is 0 Å². The van der Waals surface area contributed by atoms with Crippen LogP contribution in [0.15, 0.2) is 40.4 Å². The number of aromatic nitrogens is 2. The fourth-order valence-electron chi connectivity index (χ4n) is 1.24. The zero-order valence-electron chi connectivity index (χ0n) is 9.09. The van der Waals surface area contributed by atoms with Crippen molar-refractivity contribution >= 4 is 23.5 Å². The van der Waals surface area contributed by atoms with Gasteiger partial charge in [0.05, 0.1) is 12.4 Å². The maximum absolute atomic E-state index is 11.1. The van der Waals surface area contributed by atoms with Crippen molar-refractivity contribution in [3.05, 3.63) is 51.4 Å². The van der Waals surface area contributed by atoms with Gasteiger partial charge >= 0.3 is 0 Å². The van der Waals surface area contributed by atoms with E-state index in [0.717, 1.165) is 0 Å². The van der Waals surface area contributed by atoms with Crippen LogP contribution in [0.25, 0.3) is 0 Å². The number of aromatic hydroxyl groups is 1. The molecule has 0 amide bonds. The molecule has 0 spiro atoms. The molecule has 18 heavy (non-hydrogen) atoms. The number of hydrogen-bond donors (Lipinski definition) is 3. The van der Waals surface area contributed by atoms with Crippen molar-refractivity contribution in [3.63, 3.8) is 0 Å². The standard InChI is InChI=1S/C11H9ClN4O2/c12-10-9(6-14-16-11(10)18)15-13-5-7-2-1-3-8(17)4-7/h1-6,17H,(H2,15,16,18). The van der Waals surface area contributed by atoms with E-state index in [4.69, 9.17) is 11.6 Å². The molecule has 0 radical (unpaired) electrons. The molecule has 1 aromatic carbocycles. The van der Waals surface area contributed by atoms with Gasteiger partial charge in [0.25, 0.3) is 5.56 Å². The molecule has 0 fully saturated rings. The Morgan fingerprint density at radius 3 is 3.11 bits per heavy atom. The summed E-state index contributed by atoms with van der Waals surface area (Å²) in [6, 6.07) is 6.56. The highest BCUT2D eigenvalue weighted by atomic mass is 35.5. The number of halogens is 1. The molecule has 6 nitrogen and oxygen atoms in total. The van der Waals surface area contributed by atoms with Crippen LogP contribution in [0.3, 0.4) is 0 Å². The van der Waals surface area contributed by atoms with Crippen LogP contribution >= 0.6 is 11.6 Å². The molecule has 1 aromatic heterocycles. The van der Waals surface area contributed by atoms with Crippen LogP contribution in [-0.4, -0.2) is 21.5 Å². The van der Waals surface area contributed by atoms with Gasteiger partial charge in [-0.1, -0.05) is 23.7 Å². The first-order valence-electron chi connectivity index (χ1n) is 4.98. The number of aromatic amines is 1. The summed E-state index contributed by atoms with van der Waals surface area (Å²) in [4.78, 5) is 11.1. The Hall–Kier alpha value is -2.34. The van der Waals surface area contributed by atoms with Crippen molar-refractivity contribution in [1.82, 2.24) is 10.2 Å². The second kappa shape index (κ2) is 5.33. The fourth-order valence-corrected chi connectivity index (χ4v) is 1.38.